The molecular formula is C17H17NO4. The zero-order valence-electron chi connectivity index (χ0n) is 12.0. The average molecular weight is 299 g/mol. The molecule has 1 saturated heterocycles. The first kappa shape index (κ1) is 13.7. The molecule has 0 radical (unpaired) electrons. The van der Waals surface area contributed by atoms with Crippen LogP contribution < -0.4 is 0 Å². The van der Waals surface area contributed by atoms with Gasteiger partial charge in [0.2, 0.25) is 0 Å². The van der Waals surface area contributed by atoms with E-state index in [-0.39, 0.29) is 35.2 Å². The van der Waals surface area contributed by atoms with E-state index >= 15 is 0 Å². The van der Waals surface area contributed by atoms with E-state index in [4.69, 9.17) is 4.74 Å². The molecule has 2 bridgehead atoms. The molecule has 1 aromatic carbocycles. The SMILES string of the molecule is O=[N+]([O-])c1ccccc1[C@@H]1C=C[C@H]2/C(=C/CO)[C@@H]1[C@H]1OC[C@H]12. The van der Waals surface area contributed by atoms with Crippen LogP contribution in [0.5, 0.6) is 0 Å². The van der Waals surface area contributed by atoms with E-state index < -0.39 is 0 Å². The second-order valence-corrected chi connectivity index (χ2v) is 6.13. The largest absolute Gasteiger partial charge is 0.392 e. The first-order chi connectivity index (χ1) is 10.7. The van der Waals surface area contributed by atoms with Crippen molar-refractivity contribution in [3.63, 3.8) is 0 Å². The van der Waals surface area contributed by atoms with Crippen molar-refractivity contribution < 1.29 is 14.8 Å². The van der Waals surface area contributed by atoms with Gasteiger partial charge in [0, 0.05) is 35.3 Å². The number of aliphatic hydroxyl groups is 1. The summed E-state index contributed by atoms with van der Waals surface area (Å²) >= 11 is 0. The Balaban J connectivity index is 1.81. The summed E-state index contributed by atoms with van der Waals surface area (Å²) in [7, 11) is 0. The van der Waals surface area contributed by atoms with Gasteiger partial charge in [-0.3, -0.25) is 10.1 Å². The molecule has 0 unspecified atom stereocenters. The molecule has 0 aromatic heterocycles. The van der Waals surface area contributed by atoms with Crippen molar-refractivity contribution in [2.75, 3.05) is 13.2 Å². The first-order valence-electron chi connectivity index (χ1n) is 7.56. The van der Waals surface area contributed by atoms with E-state index in [1.165, 1.54) is 5.57 Å². The molecule has 5 atom stereocenters. The van der Waals surface area contributed by atoms with E-state index in [1.807, 2.05) is 18.2 Å². The minimum atomic E-state index is -0.321. The monoisotopic (exact) mass is 299 g/mol. The van der Waals surface area contributed by atoms with Gasteiger partial charge in [0.15, 0.2) is 0 Å². The second-order valence-electron chi connectivity index (χ2n) is 6.13. The van der Waals surface area contributed by atoms with Crippen molar-refractivity contribution in [2.24, 2.45) is 17.8 Å². The Labute approximate surface area is 128 Å². The molecule has 3 aliphatic rings. The number of benzene rings is 1. The normalized spacial score (nSPS) is 37.0. The molecule has 0 amide bonds. The highest BCUT2D eigenvalue weighted by Gasteiger charge is 2.56. The van der Waals surface area contributed by atoms with Crippen LogP contribution in [0.1, 0.15) is 11.5 Å². The summed E-state index contributed by atoms with van der Waals surface area (Å²) in [4.78, 5) is 11.0. The van der Waals surface area contributed by atoms with Crippen LogP contribution in [0.3, 0.4) is 0 Å². The number of aliphatic hydroxyl groups excluding tert-OH is 1. The Morgan fingerprint density at radius 3 is 2.77 bits per heavy atom. The number of hydrogen-bond acceptors (Lipinski definition) is 4. The molecule has 22 heavy (non-hydrogen) atoms. The summed E-state index contributed by atoms with van der Waals surface area (Å²) in [5.41, 5.74) is 2.06. The molecule has 2 aliphatic carbocycles. The van der Waals surface area contributed by atoms with Gasteiger partial charge in [-0.2, -0.15) is 0 Å². The smallest absolute Gasteiger partial charge is 0.273 e. The molecule has 1 aromatic rings. The van der Waals surface area contributed by atoms with Crippen LogP contribution in [0, 0.1) is 27.9 Å². The summed E-state index contributed by atoms with van der Waals surface area (Å²) in [6.07, 6.45) is 6.21. The number of fused-ring (bicyclic) bond motifs is 5. The molecule has 5 heteroatoms. The van der Waals surface area contributed by atoms with Gasteiger partial charge in [0.05, 0.1) is 24.2 Å². The number of nitro groups is 1. The number of allylic oxidation sites excluding steroid dienone is 2. The molecule has 0 spiro atoms. The maximum Gasteiger partial charge on any atom is 0.273 e. The van der Waals surface area contributed by atoms with E-state index in [0.717, 1.165) is 12.2 Å². The van der Waals surface area contributed by atoms with E-state index in [9.17, 15) is 15.2 Å². The third-order valence-corrected chi connectivity index (χ3v) is 5.22. The first-order valence-corrected chi connectivity index (χ1v) is 7.56. The minimum Gasteiger partial charge on any atom is -0.392 e. The highest BCUT2D eigenvalue weighted by atomic mass is 16.6. The van der Waals surface area contributed by atoms with Gasteiger partial charge in [0.25, 0.3) is 5.69 Å². The van der Waals surface area contributed by atoms with Gasteiger partial charge in [-0.1, -0.05) is 42.0 Å². The van der Waals surface area contributed by atoms with Gasteiger partial charge in [-0.15, -0.1) is 0 Å². The number of rotatable bonds is 3. The zero-order valence-corrected chi connectivity index (χ0v) is 12.0. The highest BCUT2D eigenvalue weighted by molar-refractivity contribution is 5.49. The van der Waals surface area contributed by atoms with E-state index in [0.29, 0.717) is 11.8 Å². The topological polar surface area (TPSA) is 72.6 Å². The summed E-state index contributed by atoms with van der Waals surface area (Å²) < 4.78 is 5.76. The van der Waals surface area contributed by atoms with Gasteiger partial charge >= 0.3 is 0 Å². The van der Waals surface area contributed by atoms with Crippen molar-refractivity contribution in [1.29, 1.82) is 0 Å². The molecule has 114 valence electrons. The maximum absolute atomic E-state index is 11.3. The van der Waals surface area contributed by atoms with Gasteiger partial charge in [0.1, 0.15) is 0 Å². The predicted octanol–water partition coefficient (Wildman–Crippen LogP) is 2.43. The van der Waals surface area contributed by atoms with Crippen molar-refractivity contribution in [3.05, 3.63) is 63.7 Å². The fourth-order valence-corrected chi connectivity index (χ4v) is 4.29. The summed E-state index contributed by atoms with van der Waals surface area (Å²) in [5.74, 6) is 0.801. The number of nitro benzene ring substituents is 1. The number of nitrogens with zero attached hydrogens (tertiary/aromatic N) is 1. The Bertz CT molecular complexity index is 681. The molecule has 1 heterocycles. The minimum absolute atomic E-state index is 0.000778. The third kappa shape index (κ3) is 1.79. The van der Waals surface area contributed by atoms with Crippen molar-refractivity contribution >= 4 is 5.69 Å². The number of para-hydroxylation sites is 1. The molecule has 5 nitrogen and oxygen atoms in total. The Morgan fingerprint density at radius 2 is 2.09 bits per heavy atom. The lowest BCUT2D eigenvalue weighted by atomic mass is 9.76. The summed E-state index contributed by atoms with van der Waals surface area (Å²) in [6.45, 7) is 0.738. The van der Waals surface area contributed by atoms with Crippen molar-refractivity contribution in [2.45, 2.75) is 12.0 Å². The molecule has 1 N–H and O–H groups in total. The Morgan fingerprint density at radius 1 is 1.32 bits per heavy atom. The lowest BCUT2D eigenvalue weighted by Crippen LogP contribution is -2.41. The standard InChI is InChI=1S/C17H17NO4/c19-8-7-13-10-5-6-12(16(13)17-14(10)9-22-17)11-3-1-2-4-15(11)18(20)21/h1-7,10,12,14,16-17,19H,8-9H2/b13-7-/t10-,12-,14-,16+,17-/m0/s1. The van der Waals surface area contributed by atoms with Crippen LogP contribution in [0.15, 0.2) is 48.1 Å². The van der Waals surface area contributed by atoms with Crippen LogP contribution in [0.4, 0.5) is 5.69 Å². The van der Waals surface area contributed by atoms with Crippen LogP contribution in [0.2, 0.25) is 0 Å². The summed E-state index contributed by atoms with van der Waals surface area (Å²) in [5, 5.41) is 20.7. The molecular weight excluding hydrogens is 282 g/mol. The van der Waals surface area contributed by atoms with Crippen LogP contribution in [-0.4, -0.2) is 29.3 Å². The van der Waals surface area contributed by atoms with Crippen molar-refractivity contribution in [1.82, 2.24) is 0 Å². The maximum atomic E-state index is 11.3. The van der Waals surface area contributed by atoms with Crippen LogP contribution >= 0.6 is 0 Å². The average Bonchev–Trinajstić information content (AvgIpc) is 2.61. The van der Waals surface area contributed by atoms with E-state index in [2.05, 4.69) is 12.2 Å². The highest BCUT2D eigenvalue weighted by Crippen LogP contribution is 2.57. The fraction of sp³-hybridized carbons (Fsp3) is 0.412. The van der Waals surface area contributed by atoms with Crippen LogP contribution in [-0.2, 0) is 4.74 Å². The second kappa shape index (κ2) is 5.04. The molecule has 1 saturated carbocycles. The third-order valence-electron chi connectivity index (χ3n) is 5.22. The van der Waals surface area contributed by atoms with E-state index in [1.54, 1.807) is 12.1 Å². The Kier molecular flexibility index (Phi) is 3.13. The number of hydrogen-bond donors (Lipinski definition) is 1. The summed E-state index contributed by atoms with van der Waals surface area (Å²) in [6, 6.07) is 6.92. The molecule has 4 rings (SSSR count). The lowest BCUT2D eigenvalue weighted by molar-refractivity contribution is -0.385. The lowest BCUT2D eigenvalue weighted by Gasteiger charge is -2.36. The molecule has 1 aliphatic heterocycles. The van der Waals surface area contributed by atoms with Crippen LogP contribution in [0.25, 0.3) is 0 Å². The Hall–Kier alpha value is -1.98. The molecule has 2 fully saturated rings. The van der Waals surface area contributed by atoms with Gasteiger partial charge in [-0.05, 0) is 0 Å². The zero-order chi connectivity index (χ0) is 15.3. The fourth-order valence-electron chi connectivity index (χ4n) is 4.29. The van der Waals surface area contributed by atoms with Crippen molar-refractivity contribution in [3.8, 4) is 0 Å². The number of ether oxygens (including phenoxy) is 1. The quantitative estimate of drug-likeness (QED) is 0.528. The van der Waals surface area contributed by atoms with Gasteiger partial charge < -0.3 is 9.84 Å². The predicted molar refractivity (Wildman–Crippen MR) is 80.4 cm³/mol. The van der Waals surface area contributed by atoms with Gasteiger partial charge in [-0.25, -0.2) is 0 Å².